The number of carbonyl (C=O) groups excluding carboxylic acids is 1. The van der Waals surface area contributed by atoms with E-state index in [9.17, 15) is 14.9 Å². The SMILES string of the molecule is COc1ccc(CCC2CCN(C(C)C(=O)Nc3cc([N+](=O)[O-])ccc3OC)CC2)cc1. The number of hydrogen-bond acceptors (Lipinski definition) is 6. The molecule has 0 bridgehead atoms. The van der Waals surface area contributed by atoms with Crippen molar-refractivity contribution in [3.63, 3.8) is 0 Å². The molecule has 8 heteroatoms. The van der Waals surface area contributed by atoms with Crippen molar-refractivity contribution in [1.29, 1.82) is 0 Å². The van der Waals surface area contributed by atoms with Crippen molar-refractivity contribution >= 4 is 17.3 Å². The van der Waals surface area contributed by atoms with E-state index in [1.165, 1.54) is 30.9 Å². The third-order valence-electron chi connectivity index (χ3n) is 6.23. The van der Waals surface area contributed by atoms with Crippen molar-refractivity contribution < 1.29 is 19.2 Å². The number of likely N-dealkylation sites (tertiary alicyclic amines) is 1. The van der Waals surface area contributed by atoms with Gasteiger partial charge in [-0.15, -0.1) is 0 Å². The van der Waals surface area contributed by atoms with Crippen molar-refractivity contribution in [2.75, 3.05) is 32.6 Å². The Bertz CT molecular complexity index is 924. The number of nitro benzene ring substituents is 1. The number of non-ortho nitro benzene ring substituents is 1. The number of anilines is 1. The highest BCUT2D eigenvalue weighted by Crippen LogP contribution is 2.30. The van der Waals surface area contributed by atoms with Crippen LogP contribution in [0.5, 0.6) is 11.5 Å². The van der Waals surface area contributed by atoms with Crippen LogP contribution in [0.2, 0.25) is 0 Å². The number of carbonyl (C=O) groups is 1. The summed E-state index contributed by atoms with van der Waals surface area (Å²) in [7, 11) is 3.14. The summed E-state index contributed by atoms with van der Waals surface area (Å²) in [5.41, 5.74) is 1.53. The van der Waals surface area contributed by atoms with Gasteiger partial charge in [0.1, 0.15) is 11.5 Å². The number of methoxy groups -OCH3 is 2. The van der Waals surface area contributed by atoms with Gasteiger partial charge in [-0.25, -0.2) is 0 Å². The Kier molecular flexibility index (Phi) is 8.05. The molecule has 0 aliphatic carbocycles. The van der Waals surface area contributed by atoms with E-state index in [0.29, 0.717) is 17.4 Å². The van der Waals surface area contributed by atoms with E-state index in [0.717, 1.165) is 44.5 Å². The van der Waals surface area contributed by atoms with E-state index < -0.39 is 4.92 Å². The van der Waals surface area contributed by atoms with Gasteiger partial charge in [0.25, 0.3) is 5.69 Å². The Balaban J connectivity index is 1.50. The molecular weight excluding hydrogens is 410 g/mol. The Labute approximate surface area is 188 Å². The van der Waals surface area contributed by atoms with Crippen LogP contribution >= 0.6 is 0 Å². The topological polar surface area (TPSA) is 93.9 Å². The first kappa shape index (κ1) is 23.5. The average Bonchev–Trinajstić information content (AvgIpc) is 2.82. The van der Waals surface area contributed by atoms with Crippen molar-refractivity contribution in [3.05, 3.63) is 58.1 Å². The minimum atomic E-state index is -0.491. The summed E-state index contributed by atoms with van der Waals surface area (Å²) in [5.74, 6) is 1.71. The maximum Gasteiger partial charge on any atom is 0.271 e. The number of nitrogens with zero attached hydrogens (tertiary/aromatic N) is 2. The fraction of sp³-hybridized carbons (Fsp3) is 0.458. The lowest BCUT2D eigenvalue weighted by Gasteiger charge is -2.35. The van der Waals surface area contributed by atoms with Gasteiger partial charge in [-0.2, -0.15) is 0 Å². The standard InChI is InChI=1S/C24H31N3O5/c1-17(24(28)25-22-16-20(27(29)30)8-11-23(22)32-3)26-14-12-19(13-15-26)5-4-18-6-9-21(31-2)10-7-18/h6-11,16-17,19H,4-5,12-15H2,1-3H3,(H,25,28). The molecule has 172 valence electrons. The van der Waals surface area contributed by atoms with Crippen LogP contribution in [0.15, 0.2) is 42.5 Å². The monoisotopic (exact) mass is 441 g/mol. The van der Waals surface area contributed by atoms with Gasteiger partial charge in [-0.05, 0) is 75.4 Å². The molecule has 1 aliphatic rings. The second-order valence-corrected chi connectivity index (χ2v) is 8.17. The zero-order chi connectivity index (χ0) is 23.1. The third-order valence-corrected chi connectivity index (χ3v) is 6.23. The van der Waals surface area contributed by atoms with Crippen LogP contribution in [0.1, 0.15) is 31.7 Å². The second-order valence-electron chi connectivity index (χ2n) is 8.17. The number of nitro groups is 1. The van der Waals surface area contributed by atoms with E-state index in [-0.39, 0.29) is 17.6 Å². The van der Waals surface area contributed by atoms with E-state index in [1.54, 1.807) is 7.11 Å². The first-order valence-electron chi connectivity index (χ1n) is 10.9. The van der Waals surface area contributed by atoms with Gasteiger partial charge >= 0.3 is 0 Å². The fourth-order valence-corrected chi connectivity index (χ4v) is 4.10. The van der Waals surface area contributed by atoms with Crippen molar-refractivity contribution in [2.45, 2.75) is 38.6 Å². The van der Waals surface area contributed by atoms with E-state index in [2.05, 4.69) is 22.3 Å². The maximum atomic E-state index is 12.8. The lowest BCUT2D eigenvalue weighted by Crippen LogP contribution is -2.46. The Hall–Kier alpha value is -3.13. The smallest absolute Gasteiger partial charge is 0.271 e. The molecule has 8 nitrogen and oxygen atoms in total. The van der Waals surface area contributed by atoms with Crippen molar-refractivity contribution in [3.8, 4) is 11.5 Å². The molecule has 1 unspecified atom stereocenters. The molecule has 1 atom stereocenters. The Morgan fingerprint density at radius 3 is 2.44 bits per heavy atom. The number of rotatable bonds is 9. The zero-order valence-electron chi connectivity index (χ0n) is 18.9. The van der Waals surface area contributed by atoms with Gasteiger partial charge < -0.3 is 14.8 Å². The highest BCUT2D eigenvalue weighted by Gasteiger charge is 2.27. The number of piperidine rings is 1. The molecule has 2 aromatic carbocycles. The van der Waals surface area contributed by atoms with Gasteiger partial charge in [0.2, 0.25) is 5.91 Å². The molecule has 32 heavy (non-hydrogen) atoms. The molecule has 1 amide bonds. The summed E-state index contributed by atoms with van der Waals surface area (Å²) in [6, 6.07) is 12.1. The lowest BCUT2D eigenvalue weighted by atomic mass is 9.90. The average molecular weight is 442 g/mol. The quantitative estimate of drug-likeness (QED) is 0.461. The second kappa shape index (κ2) is 10.9. The van der Waals surface area contributed by atoms with E-state index in [1.807, 2.05) is 19.1 Å². The van der Waals surface area contributed by atoms with Gasteiger partial charge in [0.05, 0.1) is 30.9 Å². The Morgan fingerprint density at radius 1 is 1.16 bits per heavy atom. The minimum Gasteiger partial charge on any atom is -0.497 e. The summed E-state index contributed by atoms with van der Waals surface area (Å²) in [5, 5.41) is 13.9. The molecule has 0 radical (unpaired) electrons. The molecule has 0 aromatic heterocycles. The molecule has 1 fully saturated rings. The number of hydrogen-bond donors (Lipinski definition) is 1. The van der Waals surface area contributed by atoms with E-state index in [4.69, 9.17) is 9.47 Å². The van der Waals surface area contributed by atoms with Crippen LogP contribution < -0.4 is 14.8 Å². The predicted octanol–water partition coefficient (Wildman–Crippen LogP) is 4.28. The summed E-state index contributed by atoms with van der Waals surface area (Å²) in [4.78, 5) is 25.6. The van der Waals surface area contributed by atoms with Crippen LogP contribution in [0.3, 0.4) is 0 Å². The summed E-state index contributed by atoms with van der Waals surface area (Å²) >= 11 is 0. The van der Waals surface area contributed by atoms with Gasteiger partial charge in [0.15, 0.2) is 0 Å². The van der Waals surface area contributed by atoms with Crippen LogP contribution in [0.4, 0.5) is 11.4 Å². The molecule has 1 N–H and O–H groups in total. The van der Waals surface area contributed by atoms with Crippen LogP contribution in [0.25, 0.3) is 0 Å². The molecule has 1 saturated heterocycles. The molecule has 2 aromatic rings. The molecule has 3 rings (SSSR count). The highest BCUT2D eigenvalue weighted by atomic mass is 16.6. The number of benzene rings is 2. The molecule has 0 saturated carbocycles. The number of ether oxygens (including phenoxy) is 2. The predicted molar refractivity (Wildman–Crippen MR) is 123 cm³/mol. The molecule has 1 heterocycles. The van der Waals surface area contributed by atoms with Crippen LogP contribution in [-0.2, 0) is 11.2 Å². The Morgan fingerprint density at radius 2 is 1.84 bits per heavy atom. The van der Waals surface area contributed by atoms with Crippen molar-refractivity contribution in [1.82, 2.24) is 4.90 Å². The summed E-state index contributed by atoms with van der Waals surface area (Å²) in [6.45, 7) is 3.58. The number of amides is 1. The molecule has 0 spiro atoms. The number of aryl methyl sites for hydroxylation is 1. The van der Waals surface area contributed by atoms with Gasteiger partial charge in [-0.3, -0.25) is 19.8 Å². The number of nitrogens with one attached hydrogen (secondary N) is 1. The molecular formula is C24H31N3O5. The first-order chi connectivity index (χ1) is 15.4. The summed E-state index contributed by atoms with van der Waals surface area (Å²) < 4.78 is 10.4. The maximum absolute atomic E-state index is 12.8. The normalized spacial score (nSPS) is 15.7. The third kappa shape index (κ3) is 5.97. The molecule has 1 aliphatic heterocycles. The lowest BCUT2D eigenvalue weighted by molar-refractivity contribution is -0.384. The van der Waals surface area contributed by atoms with Gasteiger partial charge in [-0.1, -0.05) is 12.1 Å². The highest BCUT2D eigenvalue weighted by molar-refractivity contribution is 5.96. The summed E-state index contributed by atoms with van der Waals surface area (Å²) in [6.07, 6.45) is 4.27. The zero-order valence-corrected chi connectivity index (χ0v) is 18.9. The fourth-order valence-electron chi connectivity index (χ4n) is 4.10. The van der Waals surface area contributed by atoms with Crippen LogP contribution in [-0.4, -0.2) is 49.1 Å². The van der Waals surface area contributed by atoms with Crippen LogP contribution in [0, 0.1) is 16.0 Å². The van der Waals surface area contributed by atoms with Gasteiger partial charge in [0, 0.05) is 12.1 Å². The van der Waals surface area contributed by atoms with E-state index >= 15 is 0 Å². The largest absolute Gasteiger partial charge is 0.497 e. The minimum absolute atomic E-state index is 0.0913. The van der Waals surface area contributed by atoms with Crippen molar-refractivity contribution in [2.24, 2.45) is 5.92 Å². The first-order valence-corrected chi connectivity index (χ1v) is 10.9.